The van der Waals surface area contributed by atoms with E-state index in [1.165, 1.54) is 10.7 Å². The van der Waals surface area contributed by atoms with Crippen LogP contribution in [0.25, 0.3) is 0 Å². The minimum Gasteiger partial charge on any atom is -0.283 e. The molecule has 4 aromatic carbocycles. The van der Waals surface area contributed by atoms with Crippen molar-refractivity contribution in [2.75, 3.05) is 13.1 Å². The monoisotopic (exact) mass is 708 g/mol. The molecule has 0 saturated carbocycles. The Morgan fingerprint density at radius 3 is 1.47 bits per heavy atom. The molecule has 2 aliphatic rings. The average Bonchev–Trinajstić information content (AvgIpc) is 3.80. The lowest BCUT2D eigenvalue weighted by molar-refractivity contribution is 0.159. The van der Waals surface area contributed by atoms with Crippen LogP contribution in [0.2, 0.25) is 0 Å². The maximum atomic E-state index is 14.4. The minimum absolute atomic E-state index is 0.00290. The largest absolute Gasteiger partial charge is 0.283 e. The number of hydrogen-bond acceptors (Lipinski definition) is 8. The Hall–Kier alpha value is -5.55. The van der Waals surface area contributed by atoms with Gasteiger partial charge in [-0.3, -0.25) is 9.80 Å². The van der Waals surface area contributed by atoms with E-state index in [0.29, 0.717) is 43.4 Å². The molecule has 0 saturated heterocycles. The van der Waals surface area contributed by atoms with Gasteiger partial charge in [0.1, 0.15) is 52.8 Å². The SMILES string of the molecule is Fc1ccc(F)c(C2c3nnnn3CCN2Cc2ccccc2F)c1.Fc1ccc(F)c(CN2CCn3nnnc3C2c2cc(F)ccc2F)c1. The van der Waals surface area contributed by atoms with Gasteiger partial charge in [-0.1, -0.05) is 18.2 Å². The number of rotatable bonds is 6. The number of fused-ring (bicyclic) bond motifs is 2. The lowest BCUT2D eigenvalue weighted by Gasteiger charge is -2.35. The molecule has 2 atom stereocenters. The van der Waals surface area contributed by atoms with Crippen LogP contribution in [-0.4, -0.2) is 63.3 Å². The Bertz CT molecular complexity index is 2170. The third-order valence-electron chi connectivity index (χ3n) is 8.75. The molecule has 2 aliphatic heterocycles. The number of nitrogens with zero attached hydrogens (tertiary/aromatic N) is 10. The Morgan fingerprint density at radius 1 is 0.490 bits per heavy atom. The number of tetrazole rings is 2. The molecule has 0 fully saturated rings. The van der Waals surface area contributed by atoms with Crippen molar-refractivity contribution in [1.29, 1.82) is 0 Å². The number of halogens is 7. The predicted octanol–water partition coefficient (Wildman–Crippen LogP) is 5.53. The van der Waals surface area contributed by atoms with Crippen molar-refractivity contribution in [2.24, 2.45) is 0 Å². The predicted molar refractivity (Wildman–Crippen MR) is 166 cm³/mol. The molecule has 262 valence electrons. The average molecular weight is 709 g/mol. The fourth-order valence-electron chi connectivity index (χ4n) is 6.35. The second-order valence-corrected chi connectivity index (χ2v) is 11.9. The van der Waals surface area contributed by atoms with Crippen molar-refractivity contribution in [2.45, 2.75) is 38.3 Å². The molecule has 51 heavy (non-hydrogen) atoms. The molecule has 8 rings (SSSR count). The van der Waals surface area contributed by atoms with Gasteiger partial charge in [-0.05, 0) is 81.5 Å². The molecule has 0 aliphatic carbocycles. The summed E-state index contributed by atoms with van der Waals surface area (Å²) in [4.78, 5) is 3.54. The highest BCUT2D eigenvalue weighted by Gasteiger charge is 2.35. The first-order valence-electron chi connectivity index (χ1n) is 15.7. The molecular formula is C34H27F7N10. The summed E-state index contributed by atoms with van der Waals surface area (Å²) in [6.45, 7) is 1.95. The molecule has 0 spiro atoms. The van der Waals surface area contributed by atoms with Crippen molar-refractivity contribution in [3.8, 4) is 0 Å². The smallest absolute Gasteiger partial charge is 0.173 e. The molecule has 10 nitrogen and oxygen atoms in total. The Balaban J connectivity index is 0.000000159. The molecule has 0 radical (unpaired) electrons. The standard InChI is InChI=1S/C17H13F4N5.C17H14F3N5/c18-11-1-3-14(20)10(7-11)9-25-5-6-26-17(22-23-24-26)16(25)13-8-12(19)2-4-15(13)21;18-12-5-6-15(20)13(9-12)16-17-21-22-23-25(17)8-7-24(16)10-11-3-1-2-4-14(11)19/h1-4,7-8,16H,5-6,9H2;1-6,9,16H,7-8,10H2. The fourth-order valence-corrected chi connectivity index (χ4v) is 6.35. The van der Waals surface area contributed by atoms with E-state index in [0.717, 1.165) is 54.6 Å². The third-order valence-corrected chi connectivity index (χ3v) is 8.75. The zero-order valence-corrected chi connectivity index (χ0v) is 26.5. The zero-order chi connectivity index (χ0) is 35.6. The van der Waals surface area contributed by atoms with Crippen molar-refractivity contribution < 1.29 is 30.7 Å². The molecule has 0 amide bonds. The van der Waals surface area contributed by atoms with Crippen LogP contribution >= 0.6 is 0 Å². The molecule has 2 unspecified atom stereocenters. The van der Waals surface area contributed by atoms with Gasteiger partial charge in [-0.25, -0.2) is 40.1 Å². The van der Waals surface area contributed by atoms with E-state index in [-0.39, 0.29) is 35.6 Å². The van der Waals surface area contributed by atoms with Gasteiger partial charge in [0.2, 0.25) is 0 Å². The summed E-state index contributed by atoms with van der Waals surface area (Å²) < 4.78 is 101. The van der Waals surface area contributed by atoms with E-state index >= 15 is 0 Å². The Kier molecular flexibility index (Phi) is 9.55. The van der Waals surface area contributed by atoms with E-state index in [1.54, 1.807) is 27.8 Å². The van der Waals surface area contributed by atoms with Crippen LogP contribution in [0.15, 0.2) is 78.9 Å². The van der Waals surface area contributed by atoms with Crippen molar-refractivity contribution >= 4 is 0 Å². The highest BCUT2D eigenvalue weighted by Crippen LogP contribution is 2.35. The Labute approximate surface area is 285 Å². The van der Waals surface area contributed by atoms with Gasteiger partial charge < -0.3 is 0 Å². The summed E-state index contributed by atoms with van der Waals surface area (Å²) in [5, 5.41) is 22.8. The maximum Gasteiger partial charge on any atom is 0.173 e. The first-order valence-corrected chi connectivity index (χ1v) is 15.7. The number of hydrogen-bond donors (Lipinski definition) is 0. The summed E-state index contributed by atoms with van der Waals surface area (Å²) in [6.07, 6.45) is 0. The maximum absolute atomic E-state index is 14.4. The van der Waals surface area contributed by atoms with Crippen LogP contribution in [0.4, 0.5) is 30.7 Å². The lowest BCUT2D eigenvalue weighted by Crippen LogP contribution is -2.39. The van der Waals surface area contributed by atoms with Crippen molar-refractivity contribution in [1.82, 2.24) is 50.2 Å². The van der Waals surface area contributed by atoms with Gasteiger partial charge in [0.25, 0.3) is 0 Å². The summed E-state index contributed by atoms with van der Waals surface area (Å²) >= 11 is 0. The normalized spacial score (nSPS) is 17.4. The van der Waals surface area contributed by atoms with E-state index in [2.05, 4.69) is 31.1 Å². The minimum atomic E-state index is -0.822. The molecule has 2 aromatic heterocycles. The second kappa shape index (κ2) is 14.4. The molecule has 17 heteroatoms. The summed E-state index contributed by atoms with van der Waals surface area (Å²) in [6, 6.07) is 14.4. The fraction of sp³-hybridized carbons (Fsp3) is 0.235. The van der Waals surface area contributed by atoms with Gasteiger partial charge in [0.15, 0.2) is 11.6 Å². The highest BCUT2D eigenvalue weighted by atomic mass is 19.2. The summed E-state index contributed by atoms with van der Waals surface area (Å²) in [5.41, 5.74) is 0.766. The first kappa shape index (κ1) is 33.9. The quantitative estimate of drug-likeness (QED) is 0.209. The third kappa shape index (κ3) is 7.07. The molecule has 0 bridgehead atoms. The van der Waals surface area contributed by atoms with Crippen LogP contribution in [-0.2, 0) is 26.2 Å². The van der Waals surface area contributed by atoms with Crippen LogP contribution < -0.4 is 0 Å². The summed E-state index contributed by atoms with van der Waals surface area (Å²) in [7, 11) is 0. The van der Waals surface area contributed by atoms with Gasteiger partial charge in [0, 0.05) is 48.4 Å². The van der Waals surface area contributed by atoms with Gasteiger partial charge >= 0.3 is 0 Å². The number of aromatic nitrogens is 8. The van der Waals surface area contributed by atoms with Crippen LogP contribution in [0.5, 0.6) is 0 Å². The highest BCUT2D eigenvalue weighted by molar-refractivity contribution is 5.30. The topological polar surface area (TPSA) is 93.7 Å². The van der Waals surface area contributed by atoms with Gasteiger partial charge in [-0.15, -0.1) is 10.2 Å². The first-order chi connectivity index (χ1) is 24.7. The van der Waals surface area contributed by atoms with E-state index in [1.807, 2.05) is 4.90 Å². The number of benzene rings is 4. The van der Waals surface area contributed by atoms with E-state index in [9.17, 15) is 30.7 Å². The molecule has 6 aromatic rings. The van der Waals surface area contributed by atoms with Crippen LogP contribution in [0, 0.1) is 40.7 Å². The van der Waals surface area contributed by atoms with Crippen molar-refractivity contribution in [3.05, 3.63) is 153 Å². The zero-order valence-electron chi connectivity index (χ0n) is 26.5. The summed E-state index contributed by atoms with van der Waals surface area (Å²) in [5.74, 6) is -3.10. The van der Waals surface area contributed by atoms with E-state index in [4.69, 9.17) is 0 Å². The van der Waals surface area contributed by atoms with Crippen LogP contribution in [0.1, 0.15) is 46.0 Å². The van der Waals surface area contributed by atoms with Crippen molar-refractivity contribution in [3.63, 3.8) is 0 Å². The van der Waals surface area contributed by atoms with E-state index < -0.39 is 47.0 Å². The van der Waals surface area contributed by atoms with Gasteiger partial charge in [-0.2, -0.15) is 0 Å². The van der Waals surface area contributed by atoms with Gasteiger partial charge in [0.05, 0.1) is 13.1 Å². The molecule has 4 heterocycles. The van der Waals surface area contributed by atoms with Crippen LogP contribution in [0.3, 0.4) is 0 Å². The molecule has 0 N–H and O–H groups in total. The molecular weight excluding hydrogens is 681 g/mol. The lowest BCUT2D eigenvalue weighted by atomic mass is 10.0. The Morgan fingerprint density at radius 2 is 0.941 bits per heavy atom. The second-order valence-electron chi connectivity index (χ2n) is 11.9.